The Kier molecular flexibility index (Phi) is 11.9. The number of nitrogens with zero attached hydrogens (tertiary/aromatic N) is 4. The SMILES string of the molecule is CCOC(=O)N1CCN(C(=O)[C@H](CCCC(=O)O)NC(=O)c2cc(OCC(=O)N3CCC[C@H]3C(=O)NC3CCC3)c3ccccc3n2)CC1. The fourth-order valence-electron chi connectivity index (χ4n) is 6.28. The van der Waals surface area contributed by atoms with Gasteiger partial charge in [0.2, 0.25) is 11.8 Å². The normalized spacial score (nSPS) is 18.4. The molecule has 0 bridgehead atoms. The van der Waals surface area contributed by atoms with Crippen molar-refractivity contribution in [1.29, 1.82) is 0 Å². The van der Waals surface area contributed by atoms with Gasteiger partial charge in [-0.2, -0.15) is 0 Å². The van der Waals surface area contributed by atoms with E-state index in [0.717, 1.165) is 19.3 Å². The van der Waals surface area contributed by atoms with Crippen molar-refractivity contribution in [2.75, 3.05) is 45.9 Å². The monoisotopic (exact) mass is 680 g/mol. The van der Waals surface area contributed by atoms with Crippen LogP contribution in [0.2, 0.25) is 0 Å². The van der Waals surface area contributed by atoms with Crippen LogP contribution >= 0.6 is 0 Å². The number of nitrogens with one attached hydrogen (secondary N) is 2. The van der Waals surface area contributed by atoms with Crippen molar-refractivity contribution in [2.24, 2.45) is 0 Å². The molecule has 5 rings (SSSR count). The molecule has 2 aromatic rings. The molecule has 3 N–H and O–H groups in total. The molecule has 264 valence electrons. The Morgan fingerprint density at radius 3 is 2.41 bits per heavy atom. The standard InChI is InChI=1S/C34H44N6O9/c1-2-48-34(47)39-18-16-38(17-19-39)33(46)25(12-6-14-30(42)43)37-31(44)26-20-28(23-10-3-4-11-24(23)36-26)49-21-29(41)40-15-7-13-27(40)32(45)35-22-8-5-9-22/h3-4,10-11,20,22,25,27H,2,5-9,12-19,21H2,1H3,(H,35,45)(H,37,44)(H,42,43)/t25-,27-/m0/s1. The second-order valence-electron chi connectivity index (χ2n) is 12.5. The van der Waals surface area contributed by atoms with Crippen molar-refractivity contribution in [3.63, 3.8) is 0 Å². The molecular weight excluding hydrogens is 636 g/mol. The Morgan fingerprint density at radius 2 is 1.71 bits per heavy atom. The molecule has 15 heteroatoms. The predicted molar refractivity (Wildman–Crippen MR) is 176 cm³/mol. The zero-order chi connectivity index (χ0) is 34.9. The summed E-state index contributed by atoms with van der Waals surface area (Å²) >= 11 is 0. The third kappa shape index (κ3) is 8.95. The lowest BCUT2D eigenvalue weighted by Gasteiger charge is -2.36. The summed E-state index contributed by atoms with van der Waals surface area (Å²) in [5.41, 5.74) is 0.378. The van der Waals surface area contributed by atoms with Crippen molar-refractivity contribution >= 4 is 46.6 Å². The number of aromatic nitrogens is 1. The molecule has 49 heavy (non-hydrogen) atoms. The van der Waals surface area contributed by atoms with E-state index in [4.69, 9.17) is 9.47 Å². The zero-order valence-electron chi connectivity index (χ0n) is 27.7. The summed E-state index contributed by atoms with van der Waals surface area (Å²) < 4.78 is 11.0. The van der Waals surface area contributed by atoms with Crippen molar-refractivity contribution in [3.05, 3.63) is 36.0 Å². The average molecular weight is 681 g/mol. The van der Waals surface area contributed by atoms with Crippen LogP contribution in [-0.4, -0.2) is 125 Å². The van der Waals surface area contributed by atoms with Crippen molar-refractivity contribution in [1.82, 2.24) is 30.3 Å². The number of piperazine rings is 1. The lowest BCUT2D eigenvalue weighted by atomic mass is 9.93. The Hall–Kier alpha value is -4.95. The van der Waals surface area contributed by atoms with Crippen LogP contribution in [0, 0.1) is 0 Å². The number of hydrogen-bond acceptors (Lipinski definition) is 9. The highest BCUT2D eigenvalue weighted by Gasteiger charge is 2.36. The maximum absolute atomic E-state index is 13.6. The van der Waals surface area contributed by atoms with Crippen LogP contribution in [0.1, 0.15) is 68.8 Å². The van der Waals surface area contributed by atoms with Gasteiger partial charge in [0.15, 0.2) is 6.61 Å². The van der Waals surface area contributed by atoms with Gasteiger partial charge in [-0.05, 0) is 64.0 Å². The van der Waals surface area contributed by atoms with Crippen molar-refractivity contribution in [2.45, 2.75) is 76.4 Å². The van der Waals surface area contributed by atoms with E-state index < -0.39 is 36.0 Å². The Bertz CT molecular complexity index is 1560. The molecule has 5 amide bonds. The quantitative estimate of drug-likeness (QED) is 0.282. The smallest absolute Gasteiger partial charge is 0.409 e. The molecule has 3 heterocycles. The molecule has 1 aliphatic carbocycles. The molecule has 2 aliphatic heterocycles. The van der Waals surface area contributed by atoms with Crippen LogP contribution < -0.4 is 15.4 Å². The number of carbonyl (C=O) groups is 6. The summed E-state index contributed by atoms with van der Waals surface area (Å²) in [7, 11) is 0. The van der Waals surface area contributed by atoms with Gasteiger partial charge < -0.3 is 39.9 Å². The minimum absolute atomic E-state index is 0.0526. The van der Waals surface area contributed by atoms with Crippen LogP contribution in [0.25, 0.3) is 10.9 Å². The molecule has 1 saturated carbocycles. The third-order valence-corrected chi connectivity index (χ3v) is 9.19. The van der Waals surface area contributed by atoms with E-state index in [1.54, 1.807) is 36.1 Å². The van der Waals surface area contributed by atoms with Crippen LogP contribution in [0.15, 0.2) is 30.3 Å². The van der Waals surface area contributed by atoms with Crippen LogP contribution in [0.3, 0.4) is 0 Å². The number of hydrogen-bond donors (Lipinski definition) is 3. The summed E-state index contributed by atoms with van der Waals surface area (Å²) in [6.07, 6.45) is 3.86. The number of fused-ring (bicyclic) bond motifs is 1. The van der Waals surface area contributed by atoms with E-state index in [9.17, 15) is 33.9 Å². The van der Waals surface area contributed by atoms with Gasteiger partial charge in [-0.25, -0.2) is 9.78 Å². The van der Waals surface area contributed by atoms with Gasteiger partial charge in [0.25, 0.3) is 11.8 Å². The minimum atomic E-state index is -1.04. The molecule has 0 unspecified atom stereocenters. The number of amides is 5. The molecule has 15 nitrogen and oxygen atoms in total. The number of carbonyl (C=O) groups excluding carboxylic acids is 5. The molecule has 2 atom stereocenters. The van der Waals surface area contributed by atoms with Crippen LogP contribution in [0.4, 0.5) is 4.79 Å². The first-order valence-corrected chi connectivity index (χ1v) is 17.0. The lowest BCUT2D eigenvalue weighted by Crippen LogP contribution is -2.56. The summed E-state index contributed by atoms with van der Waals surface area (Å²) in [5, 5.41) is 15.5. The molecule has 0 radical (unpaired) electrons. The van der Waals surface area contributed by atoms with E-state index in [-0.39, 0.29) is 88.0 Å². The zero-order valence-corrected chi connectivity index (χ0v) is 27.7. The molecule has 1 aromatic heterocycles. The first-order chi connectivity index (χ1) is 23.6. The number of para-hydroxylation sites is 1. The molecule has 2 saturated heterocycles. The van der Waals surface area contributed by atoms with E-state index >= 15 is 0 Å². The second-order valence-corrected chi connectivity index (χ2v) is 12.5. The van der Waals surface area contributed by atoms with Gasteiger partial charge in [-0.3, -0.25) is 24.0 Å². The number of ether oxygens (including phenoxy) is 2. The first-order valence-electron chi connectivity index (χ1n) is 17.0. The second kappa shape index (κ2) is 16.4. The number of benzene rings is 1. The lowest BCUT2D eigenvalue weighted by molar-refractivity contribution is -0.140. The van der Waals surface area contributed by atoms with Gasteiger partial charge in [0.05, 0.1) is 12.1 Å². The van der Waals surface area contributed by atoms with Crippen LogP contribution in [0.5, 0.6) is 5.75 Å². The number of rotatable bonds is 13. The van der Waals surface area contributed by atoms with Crippen LogP contribution in [-0.2, 0) is 23.9 Å². The number of pyridine rings is 1. The summed E-state index contributed by atoms with van der Waals surface area (Å²) in [6, 6.07) is 6.96. The van der Waals surface area contributed by atoms with E-state index in [1.165, 1.54) is 15.9 Å². The van der Waals surface area contributed by atoms with Gasteiger partial charge in [0.1, 0.15) is 23.5 Å². The number of likely N-dealkylation sites (tertiary alicyclic amines) is 1. The first kappa shape index (κ1) is 35.4. The molecule has 1 aromatic carbocycles. The van der Waals surface area contributed by atoms with Gasteiger partial charge in [0, 0.05) is 56.6 Å². The van der Waals surface area contributed by atoms with E-state index in [0.29, 0.717) is 30.3 Å². The Balaban J connectivity index is 1.27. The summed E-state index contributed by atoms with van der Waals surface area (Å²) in [4.78, 5) is 85.7. The minimum Gasteiger partial charge on any atom is -0.483 e. The van der Waals surface area contributed by atoms with Crippen molar-refractivity contribution in [3.8, 4) is 5.75 Å². The van der Waals surface area contributed by atoms with E-state index in [2.05, 4.69) is 15.6 Å². The highest BCUT2D eigenvalue weighted by Crippen LogP contribution is 2.27. The molecule has 0 spiro atoms. The maximum Gasteiger partial charge on any atom is 0.409 e. The molecular formula is C34H44N6O9. The topological polar surface area (TPSA) is 188 Å². The predicted octanol–water partition coefficient (Wildman–Crippen LogP) is 1.93. The summed E-state index contributed by atoms with van der Waals surface area (Å²) in [5.74, 6) is -2.34. The van der Waals surface area contributed by atoms with Crippen molar-refractivity contribution < 1.29 is 43.3 Å². The van der Waals surface area contributed by atoms with Gasteiger partial charge in [-0.1, -0.05) is 12.1 Å². The molecule has 3 aliphatic rings. The highest BCUT2D eigenvalue weighted by atomic mass is 16.6. The third-order valence-electron chi connectivity index (χ3n) is 9.19. The Labute approximate surface area is 284 Å². The molecule has 3 fully saturated rings. The fraction of sp³-hybridized carbons (Fsp3) is 0.559. The average Bonchev–Trinajstić information content (AvgIpc) is 3.58. The number of aliphatic carboxylic acids is 1. The van der Waals surface area contributed by atoms with E-state index in [1.807, 2.05) is 0 Å². The highest BCUT2D eigenvalue weighted by molar-refractivity contribution is 5.99. The van der Waals surface area contributed by atoms with Gasteiger partial charge in [-0.15, -0.1) is 0 Å². The maximum atomic E-state index is 13.6. The number of carboxylic acids is 1. The Morgan fingerprint density at radius 1 is 0.980 bits per heavy atom. The fourth-order valence-corrected chi connectivity index (χ4v) is 6.28. The largest absolute Gasteiger partial charge is 0.483 e. The summed E-state index contributed by atoms with van der Waals surface area (Å²) in [6.45, 7) is 3.02. The number of carboxylic acid groups (broad SMARTS) is 1. The van der Waals surface area contributed by atoms with Gasteiger partial charge >= 0.3 is 12.1 Å².